The number of rotatable bonds is 1. The Bertz CT molecular complexity index is 352. The van der Waals surface area contributed by atoms with Crippen molar-refractivity contribution in [3.63, 3.8) is 0 Å². The summed E-state index contributed by atoms with van der Waals surface area (Å²) >= 11 is 0. The fourth-order valence-electron chi connectivity index (χ4n) is 2.74. The van der Waals surface area contributed by atoms with Crippen LogP contribution in [0.1, 0.15) is 36.5 Å². The van der Waals surface area contributed by atoms with Crippen molar-refractivity contribution in [3.05, 3.63) is 34.9 Å². The number of hydrogen-bond acceptors (Lipinski definition) is 1. The number of benzene rings is 1. The Balaban J connectivity index is 2.53. The van der Waals surface area contributed by atoms with Crippen molar-refractivity contribution in [1.82, 2.24) is 0 Å². The van der Waals surface area contributed by atoms with E-state index in [-0.39, 0.29) is 0 Å². The molecule has 1 aromatic rings. The van der Waals surface area contributed by atoms with Crippen LogP contribution in [0.2, 0.25) is 0 Å². The SMILES string of the molecule is Cc1cccc2c1CC(C)(C)C2CN. The summed E-state index contributed by atoms with van der Waals surface area (Å²) in [7, 11) is 0. The van der Waals surface area contributed by atoms with E-state index in [9.17, 15) is 0 Å². The first-order chi connectivity index (χ1) is 6.56. The molecule has 14 heavy (non-hydrogen) atoms. The van der Waals surface area contributed by atoms with Gasteiger partial charge in [-0.15, -0.1) is 0 Å². The lowest BCUT2D eigenvalue weighted by atomic mass is 9.80. The molecule has 0 radical (unpaired) electrons. The minimum Gasteiger partial charge on any atom is -0.330 e. The van der Waals surface area contributed by atoms with Gasteiger partial charge in [0.05, 0.1) is 0 Å². The van der Waals surface area contributed by atoms with E-state index in [1.807, 2.05) is 0 Å². The molecular weight excluding hydrogens is 170 g/mol. The minimum absolute atomic E-state index is 0.337. The molecule has 1 aliphatic rings. The lowest BCUT2D eigenvalue weighted by Crippen LogP contribution is -2.24. The zero-order chi connectivity index (χ0) is 10.3. The van der Waals surface area contributed by atoms with Gasteiger partial charge in [0.25, 0.3) is 0 Å². The van der Waals surface area contributed by atoms with Crippen molar-refractivity contribution in [3.8, 4) is 0 Å². The van der Waals surface area contributed by atoms with Crippen molar-refractivity contribution >= 4 is 0 Å². The van der Waals surface area contributed by atoms with Crippen LogP contribution in [0.15, 0.2) is 18.2 Å². The third-order valence-electron chi connectivity index (χ3n) is 3.63. The highest BCUT2D eigenvalue weighted by Gasteiger charge is 2.38. The molecule has 1 heteroatoms. The molecule has 1 aliphatic carbocycles. The van der Waals surface area contributed by atoms with Crippen LogP contribution in [-0.4, -0.2) is 6.54 Å². The average molecular weight is 189 g/mol. The molecule has 1 unspecified atom stereocenters. The zero-order valence-corrected chi connectivity index (χ0v) is 9.30. The van der Waals surface area contributed by atoms with Gasteiger partial charge in [-0.25, -0.2) is 0 Å². The predicted octanol–water partition coefficient (Wildman–Crippen LogP) is 2.62. The summed E-state index contributed by atoms with van der Waals surface area (Å²) in [5.74, 6) is 0.539. The molecule has 0 aliphatic heterocycles. The number of hydrogen-bond donors (Lipinski definition) is 1. The summed E-state index contributed by atoms with van der Waals surface area (Å²) in [6, 6.07) is 6.60. The van der Waals surface area contributed by atoms with Crippen molar-refractivity contribution in [2.24, 2.45) is 11.1 Å². The molecule has 76 valence electrons. The molecule has 1 atom stereocenters. The molecule has 0 aromatic heterocycles. The van der Waals surface area contributed by atoms with Gasteiger partial charge in [0.15, 0.2) is 0 Å². The van der Waals surface area contributed by atoms with Gasteiger partial charge in [0.2, 0.25) is 0 Å². The van der Waals surface area contributed by atoms with Crippen molar-refractivity contribution < 1.29 is 0 Å². The molecule has 2 rings (SSSR count). The van der Waals surface area contributed by atoms with Crippen LogP contribution in [0.25, 0.3) is 0 Å². The molecule has 0 heterocycles. The average Bonchev–Trinajstić information content (AvgIpc) is 2.37. The molecule has 0 spiro atoms. The maximum Gasteiger partial charge on any atom is 0.00184 e. The highest BCUT2D eigenvalue weighted by Crippen LogP contribution is 2.46. The second-order valence-corrected chi connectivity index (χ2v) is 5.10. The predicted molar refractivity (Wildman–Crippen MR) is 60.5 cm³/mol. The molecule has 1 aromatic carbocycles. The topological polar surface area (TPSA) is 26.0 Å². The van der Waals surface area contributed by atoms with Crippen molar-refractivity contribution in [1.29, 1.82) is 0 Å². The van der Waals surface area contributed by atoms with Crippen molar-refractivity contribution in [2.45, 2.75) is 33.1 Å². The van der Waals surface area contributed by atoms with Gasteiger partial charge >= 0.3 is 0 Å². The van der Waals surface area contributed by atoms with Gasteiger partial charge in [0, 0.05) is 5.92 Å². The van der Waals surface area contributed by atoms with Gasteiger partial charge in [-0.1, -0.05) is 32.0 Å². The molecule has 0 saturated carbocycles. The van der Waals surface area contributed by atoms with E-state index in [2.05, 4.69) is 39.0 Å². The third-order valence-corrected chi connectivity index (χ3v) is 3.63. The van der Waals surface area contributed by atoms with E-state index in [0.29, 0.717) is 11.3 Å². The highest BCUT2D eigenvalue weighted by molar-refractivity contribution is 5.43. The lowest BCUT2D eigenvalue weighted by Gasteiger charge is -2.26. The normalized spacial score (nSPS) is 23.6. The van der Waals surface area contributed by atoms with Crippen LogP contribution >= 0.6 is 0 Å². The largest absolute Gasteiger partial charge is 0.330 e. The third kappa shape index (κ3) is 1.27. The van der Waals surface area contributed by atoms with Crippen LogP contribution in [0.4, 0.5) is 0 Å². The smallest absolute Gasteiger partial charge is 0.00184 e. The lowest BCUT2D eigenvalue weighted by molar-refractivity contribution is 0.317. The standard InChI is InChI=1S/C13H19N/c1-9-5-4-6-10-11(9)7-13(2,3)12(10)8-14/h4-6,12H,7-8,14H2,1-3H3. The van der Waals surface area contributed by atoms with Gasteiger partial charge in [0.1, 0.15) is 0 Å². The number of aryl methyl sites for hydroxylation is 1. The quantitative estimate of drug-likeness (QED) is 0.722. The fraction of sp³-hybridized carbons (Fsp3) is 0.538. The number of fused-ring (bicyclic) bond motifs is 1. The first-order valence-corrected chi connectivity index (χ1v) is 5.34. The Morgan fingerprint density at radius 2 is 2.14 bits per heavy atom. The van der Waals surface area contributed by atoms with E-state index in [0.717, 1.165) is 6.54 Å². The number of nitrogens with two attached hydrogens (primary N) is 1. The first-order valence-electron chi connectivity index (χ1n) is 5.34. The van der Waals surface area contributed by atoms with Crippen LogP contribution in [0, 0.1) is 12.3 Å². The summed E-state index contributed by atoms with van der Waals surface area (Å²) in [4.78, 5) is 0. The highest BCUT2D eigenvalue weighted by atomic mass is 14.6. The maximum atomic E-state index is 5.87. The molecule has 0 saturated heterocycles. The van der Waals surface area contributed by atoms with Gasteiger partial charge in [-0.2, -0.15) is 0 Å². The molecule has 2 N–H and O–H groups in total. The molecular formula is C13H19N. The second kappa shape index (κ2) is 3.09. The Labute approximate surface area is 86.3 Å². The Morgan fingerprint density at radius 1 is 1.43 bits per heavy atom. The second-order valence-electron chi connectivity index (χ2n) is 5.10. The summed E-state index contributed by atoms with van der Waals surface area (Å²) in [6.45, 7) is 7.62. The summed E-state index contributed by atoms with van der Waals surface area (Å²) in [6.07, 6.45) is 1.18. The minimum atomic E-state index is 0.337. The van der Waals surface area contributed by atoms with Crippen LogP contribution in [0.5, 0.6) is 0 Å². The summed E-state index contributed by atoms with van der Waals surface area (Å²) < 4.78 is 0. The summed E-state index contributed by atoms with van der Waals surface area (Å²) in [5, 5.41) is 0. The van der Waals surface area contributed by atoms with E-state index in [1.165, 1.54) is 23.1 Å². The van der Waals surface area contributed by atoms with Crippen molar-refractivity contribution in [2.75, 3.05) is 6.54 Å². The molecule has 0 fully saturated rings. The Hall–Kier alpha value is -0.820. The summed E-state index contributed by atoms with van der Waals surface area (Å²) in [5.41, 5.74) is 10.7. The van der Waals surface area contributed by atoms with E-state index < -0.39 is 0 Å². The molecule has 0 bridgehead atoms. The van der Waals surface area contributed by atoms with Crippen LogP contribution in [-0.2, 0) is 6.42 Å². The van der Waals surface area contributed by atoms with E-state index in [1.54, 1.807) is 0 Å². The van der Waals surface area contributed by atoms with E-state index in [4.69, 9.17) is 5.73 Å². The Kier molecular flexibility index (Phi) is 2.15. The molecule has 1 nitrogen and oxygen atoms in total. The van der Waals surface area contributed by atoms with Gasteiger partial charge in [-0.05, 0) is 42.0 Å². The monoisotopic (exact) mass is 189 g/mol. The van der Waals surface area contributed by atoms with Gasteiger partial charge < -0.3 is 5.73 Å². The fourth-order valence-corrected chi connectivity index (χ4v) is 2.74. The Morgan fingerprint density at radius 3 is 2.79 bits per heavy atom. The van der Waals surface area contributed by atoms with Crippen LogP contribution in [0.3, 0.4) is 0 Å². The maximum absolute atomic E-state index is 5.87. The van der Waals surface area contributed by atoms with E-state index >= 15 is 0 Å². The first kappa shape index (κ1) is 9.72. The van der Waals surface area contributed by atoms with Gasteiger partial charge in [-0.3, -0.25) is 0 Å². The molecule has 0 amide bonds. The van der Waals surface area contributed by atoms with Crippen LogP contribution < -0.4 is 5.73 Å². The zero-order valence-electron chi connectivity index (χ0n) is 9.30.